The standard InChI is InChI=1S/C26H30N2O2/c1-19(23-12-11-20-7-5-6-10-24(20)17-23)27-25(29)18-28-15-13-22(14-16-28)26(30)21-8-3-2-4-9-21/h2-12,17,19,22,26,30H,13-16,18H2,1H3,(H,27,29). The van der Waals surface area contributed by atoms with Crippen LogP contribution in [0.4, 0.5) is 0 Å². The second kappa shape index (κ2) is 9.41. The molecule has 4 heteroatoms. The molecule has 0 saturated carbocycles. The van der Waals surface area contributed by atoms with Gasteiger partial charge in [-0.2, -0.15) is 0 Å². The highest BCUT2D eigenvalue weighted by Crippen LogP contribution is 2.30. The van der Waals surface area contributed by atoms with Gasteiger partial charge in [-0.3, -0.25) is 9.69 Å². The molecule has 3 aromatic carbocycles. The first-order chi connectivity index (χ1) is 14.6. The molecule has 4 nitrogen and oxygen atoms in total. The molecule has 2 atom stereocenters. The molecule has 1 aliphatic rings. The molecule has 30 heavy (non-hydrogen) atoms. The third-order valence-electron chi connectivity index (χ3n) is 6.24. The van der Waals surface area contributed by atoms with E-state index >= 15 is 0 Å². The summed E-state index contributed by atoms with van der Waals surface area (Å²) in [7, 11) is 0. The third kappa shape index (κ3) is 4.89. The summed E-state index contributed by atoms with van der Waals surface area (Å²) >= 11 is 0. The number of fused-ring (bicyclic) bond motifs is 1. The Hall–Kier alpha value is -2.69. The highest BCUT2D eigenvalue weighted by molar-refractivity contribution is 5.83. The van der Waals surface area contributed by atoms with E-state index in [4.69, 9.17) is 0 Å². The zero-order valence-electron chi connectivity index (χ0n) is 17.5. The number of aliphatic hydroxyl groups excluding tert-OH is 1. The number of carbonyl (C=O) groups excluding carboxylic acids is 1. The van der Waals surface area contributed by atoms with Crippen LogP contribution >= 0.6 is 0 Å². The van der Waals surface area contributed by atoms with E-state index in [-0.39, 0.29) is 17.9 Å². The smallest absolute Gasteiger partial charge is 0.234 e. The third-order valence-corrected chi connectivity index (χ3v) is 6.24. The lowest BCUT2D eigenvalue weighted by Gasteiger charge is -2.34. The highest BCUT2D eigenvalue weighted by Gasteiger charge is 2.27. The lowest BCUT2D eigenvalue weighted by Crippen LogP contribution is -2.42. The molecule has 1 aliphatic heterocycles. The number of amides is 1. The number of nitrogens with zero attached hydrogens (tertiary/aromatic N) is 1. The number of hydrogen-bond donors (Lipinski definition) is 2. The minimum atomic E-state index is -0.421. The Kier molecular flexibility index (Phi) is 6.46. The van der Waals surface area contributed by atoms with Crippen LogP contribution in [0.1, 0.15) is 43.0 Å². The normalized spacial score (nSPS) is 17.5. The average molecular weight is 403 g/mol. The Morgan fingerprint density at radius 3 is 2.37 bits per heavy atom. The maximum Gasteiger partial charge on any atom is 0.234 e. The summed E-state index contributed by atoms with van der Waals surface area (Å²) in [6.45, 7) is 4.12. The van der Waals surface area contributed by atoms with E-state index in [2.05, 4.69) is 40.5 Å². The van der Waals surface area contributed by atoms with Gasteiger partial charge in [-0.15, -0.1) is 0 Å². The summed E-state index contributed by atoms with van der Waals surface area (Å²) in [6.07, 6.45) is 1.39. The highest BCUT2D eigenvalue weighted by atomic mass is 16.3. The van der Waals surface area contributed by atoms with Gasteiger partial charge in [0.2, 0.25) is 5.91 Å². The molecule has 0 radical (unpaired) electrons. The van der Waals surface area contributed by atoms with Gasteiger partial charge in [0, 0.05) is 0 Å². The topological polar surface area (TPSA) is 52.6 Å². The minimum Gasteiger partial charge on any atom is -0.388 e. The van der Waals surface area contributed by atoms with E-state index in [0.717, 1.165) is 37.1 Å². The molecule has 1 fully saturated rings. The van der Waals surface area contributed by atoms with Gasteiger partial charge in [0.05, 0.1) is 18.7 Å². The number of rotatable bonds is 6. The Labute approximate surface area is 178 Å². The quantitative estimate of drug-likeness (QED) is 0.640. The fraction of sp³-hybridized carbons (Fsp3) is 0.346. The van der Waals surface area contributed by atoms with Gasteiger partial charge < -0.3 is 10.4 Å². The van der Waals surface area contributed by atoms with Crippen LogP contribution in [0.15, 0.2) is 72.8 Å². The van der Waals surface area contributed by atoms with E-state index in [0.29, 0.717) is 6.54 Å². The Morgan fingerprint density at radius 2 is 1.63 bits per heavy atom. The molecule has 2 unspecified atom stereocenters. The first kappa shape index (κ1) is 20.6. The van der Waals surface area contributed by atoms with Gasteiger partial charge in [0.1, 0.15) is 0 Å². The Balaban J connectivity index is 1.27. The van der Waals surface area contributed by atoms with Gasteiger partial charge in [-0.05, 0) is 66.7 Å². The molecular formula is C26H30N2O2. The SMILES string of the molecule is CC(NC(=O)CN1CCC(C(O)c2ccccc2)CC1)c1ccc2ccccc2c1. The van der Waals surface area contributed by atoms with E-state index in [1.54, 1.807) is 0 Å². The van der Waals surface area contributed by atoms with Crippen LogP contribution in [0.2, 0.25) is 0 Å². The Bertz CT molecular complexity index is 981. The van der Waals surface area contributed by atoms with Gasteiger partial charge >= 0.3 is 0 Å². The molecule has 0 aromatic heterocycles. The van der Waals surface area contributed by atoms with E-state index < -0.39 is 6.10 Å². The summed E-state index contributed by atoms with van der Waals surface area (Å²) in [4.78, 5) is 14.8. The molecule has 0 spiro atoms. The number of nitrogens with one attached hydrogen (secondary N) is 1. The number of piperidine rings is 1. The maximum absolute atomic E-state index is 12.6. The Morgan fingerprint density at radius 1 is 0.967 bits per heavy atom. The van der Waals surface area contributed by atoms with Crippen LogP contribution in [0, 0.1) is 5.92 Å². The largest absolute Gasteiger partial charge is 0.388 e. The lowest BCUT2D eigenvalue weighted by atomic mass is 9.87. The van der Waals surface area contributed by atoms with Crippen LogP contribution in [0.3, 0.4) is 0 Å². The number of hydrogen-bond acceptors (Lipinski definition) is 3. The van der Waals surface area contributed by atoms with Gasteiger partial charge in [-0.25, -0.2) is 0 Å². The summed E-state index contributed by atoms with van der Waals surface area (Å²) in [6, 6.07) is 24.5. The second-order valence-electron chi connectivity index (χ2n) is 8.36. The number of likely N-dealkylation sites (tertiary alicyclic amines) is 1. The van der Waals surface area contributed by atoms with E-state index in [1.807, 2.05) is 49.4 Å². The molecule has 1 heterocycles. The van der Waals surface area contributed by atoms with Gasteiger partial charge in [-0.1, -0.05) is 66.7 Å². The predicted octanol–water partition coefficient (Wildman–Crippen LogP) is 4.46. The van der Waals surface area contributed by atoms with Crippen LogP contribution < -0.4 is 5.32 Å². The number of aliphatic hydroxyl groups is 1. The predicted molar refractivity (Wildman–Crippen MR) is 121 cm³/mol. The van der Waals surface area contributed by atoms with Crippen molar-refractivity contribution in [3.8, 4) is 0 Å². The van der Waals surface area contributed by atoms with Gasteiger partial charge in [0.25, 0.3) is 0 Å². The monoisotopic (exact) mass is 402 g/mol. The summed E-state index contributed by atoms with van der Waals surface area (Å²) in [5, 5.41) is 16.2. The average Bonchev–Trinajstić information content (AvgIpc) is 2.79. The molecule has 156 valence electrons. The number of carbonyl (C=O) groups is 1. The van der Waals surface area contributed by atoms with E-state index in [1.165, 1.54) is 10.8 Å². The molecule has 1 saturated heterocycles. The van der Waals surface area contributed by atoms with Crippen molar-refractivity contribution in [2.75, 3.05) is 19.6 Å². The fourth-order valence-electron chi connectivity index (χ4n) is 4.40. The first-order valence-electron chi connectivity index (χ1n) is 10.8. The van der Waals surface area contributed by atoms with Crippen molar-refractivity contribution >= 4 is 16.7 Å². The molecule has 2 N–H and O–H groups in total. The van der Waals surface area contributed by atoms with E-state index in [9.17, 15) is 9.90 Å². The fourth-order valence-corrected chi connectivity index (χ4v) is 4.40. The molecule has 0 bridgehead atoms. The molecule has 3 aromatic rings. The zero-order chi connectivity index (χ0) is 20.9. The van der Waals surface area contributed by atoms with Crippen molar-refractivity contribution in [3.63, 3.8) is 0 Å². The first-order valence-corrected chi connectivity index (χ1v) is 10.8. The lowest BCUT2D eigenvalue weighted by molar-refractivity contribution is -0.123. The van der Waals surface area contributed by atoms with Gasteiger partial charge in [0.15, 0.2) is 0 Å². The maximum atomic E-state index is 12.6. The van der Waals surface area contributed by atoms with Crippen molar-refractivity contribution in [1.29, 1.82) is 0 Å². The van der Waals surface area contributed by atoms with Crippen molar-refractivity contribution in [2.45, 2.75) is 31.9 Å². The van der Waals surface area contributed by atoms with Crippen LogP contribution in [-0.2, 0) is 4.79 Å². The summed E-state index contributed by atoms with van der Waals surface area (Å²) < 4.78 is 0. The van der Waals surface area contributed by atoms with Crippen LogP contribution in [0.5, 0.6) is 0 Å². The summed E-state index contributed by atoms with van der Waals surface area (Å²) in [5.41, 5.74) is 2.10. The van der Waals surface area contributed by atoms with Crippen molar-refractivity contribution in [2.24, 2.45) is 5.92 Å². The summed E-state index contributed by atoms with van der Waals surface area (Å²) in [5.74, 6) is 0.306. The van der Waals surface area contributed by atoms with Crippen LogP contribution in [0.25, 0.3) is 10.8 Å². The van der Waals surface area contributed by atoms with Crippen molar-refractivity contribution < 1.29 is 9.90 Å². The zero-order valence-corrected chi connectivity index (χ0v) is 17.5. The molecular weight excluding hydrogens is 372 g/mol. The minimum absolute atomic E-state index is 0.0282. The number of benzene rings is 3. The van der Waals surface area contributed by atoms with Crippen molar-refractivity contribution in [1.82, 2.24) is 10.2 Å². The second-order valence-corrected chi connectivity index (χ2v) is 8.36. The molecule has 1 amide bonds. The van der Waals surface area contributed by atoms with Crippen molar-refractivity contribution in [3.05, 3.63) is 83.9 Å². The van der Waals surface area contributed by atoms with Crippen LogP contribution in [-0.4, -0.2) is 35.5 Å². The molecule has 0 aliphatic carbocycles. The molecule has 4 rings (SSSR count).